The van der Waals surface area contributed by atoms with Crippen molar-refractivity contribution in [2.24, 2.45) is 0 Å². The molecule has 6 aromatic rings. The van der Waals surface area contributed by atoms with E-state index in [1.54, 1.807) is 72.8 Å². The fraction of sp³-hybridized carbons (Fsp3) is 0.0769. The van der Waals surface area contributed by atoms with E-state index in [4.69, 9.17) is 29.5 Å². The molecule has 228 valence electrons. The second kappa shape index (κ2) is 17.9. The van der Waals surface area contributed by atoms with Gasteiger partial charge in [0, 0.05) is 0 Å². The molecule has 45 heavy (non-hydrogen) atoms. The standard InChI is InChI=1S/3C13H12O2/c3*14-12-6-8-13(9-7-12)15-10-11-4-2-1-3-5-11/h3*1-9,14H,10H2. The molecule has 6 rings (SSSR count). The Balaban J connectivity index is 0.000000154. The molecule has 6 heteroatoms. The zero-order chi connectivity index (χ0) is 31.5. The van der Waals surface area contributed by atoms with Crippen molar-refractivity contribution in [2.45, 2.75) is 19.8 Å². The van der Waals surface area contributed by atoms with E-state index in [-0.39, 0.29) is 17.2 Å². The van der Waals surface area contributed by atoms with Crippen LogP contribution in [0.25, 0.3) is 0 Å². The third-order valence-corrected chi connectivity index (χ3v) is 6.26. The predicted molar refractivity (Wildman–Crippen MR) is 177 cm³/mol. The minimum Gasteiger partial charge on any atom is -0.508 e. The summed E-state index contributed by atoms with van der Waals surface area (Å²) in [6.45, 7) is 1.64. The van der Waals surface area contributed by atoms with Crippen LogP contribution in [0, 0.1) is 0 Å². The topological polar surface area (TPSA) is 88.4 Å². The van der Waals surface area contributed by atoms with Gasteiger partial charge in [0.15, 0.2) is 0 Å². The lowest BCUT2D eigenvalue weighted by molar-refractivity contribution is 0.305. The fourth-order valence-corrected chi connectivity index (χ4v) is 3.85. The molecule has 3 N–H and O–H groups in total. The van der Waals surface area contributed by atoms with Crippen LogP contribution in [0.5, 0.6) is 34.5 Å². The van der Waals surface area contributed by atoms with Crippen LogP contribution >= 0.6 is 0 Å². The smallest absolute Gasteiger partial charge is 0.120 e. The van der Waals surface area contributed by atoms with Gasteiger partial charge < -0.3 is 29.5 Å². The number of hydrogen-bond donors (Lipinski definition) is 3. The molecule has 0 saturated heterocycles. The van der Waals surface area contributed by atoms with E-state index in [2.05, 4.69) is 0 Å². The van der Waals surface area contributed by atoms with E-state index in [0.717, 1.165) is 33.9 Å². The number of phenolic OH excluding ortho intramolecular Hbond substituents is 3. The van der Waals surface area contributed by atoms with Gasteiger partial charge in [-0.25, -0.2) is 0 Å². The second-order valence-electron chi connectivity index (χ2n) is 9.80. The lowest BCUT2D eigenvalue weighted by Gasteiger charge is -2.05. The molecule has 0 atom stereocenters. The van der Waals surface area contributed by atoms with E-state index in [1.807, 2.05) is 91.0 Å². The van der Waals surface area contributed by atoms with Crippen molar-refractivity contribution in [3.8, 4) is 34.5 Å². The molecule has 0 aliphatic carbocycles. The summed E-state index contributed by atoms with van der Waals surface area (Å²) in [7, 11) is 0. The van der Waals surface area contributed by atoms with Gasteiger partial charge in [-0.05, 0) is 89.5 Å². The number of ether oxygens (including phenoxy) is 3. The van der Waals surface area contributed by atoms with Crippen LogP contribution < -0.4 is 14.2 Å². The van der Waals surface area contributed by atoms with Crippen LogP contribution in [-0.2, 0) is 19.8 Å². The maximum atomic E-state index is 9.09. The van der Waals surface area contributed by atoms with Crippen LogP contribution in [-0.4, -0.2) is 15.3 Å². The van der Waals surface area contributed by atoms with Crippen molar-refractivity contribution in [3.05, 3.63) is 180 Å². The quantitative estimate of drug-likeness (QED) is 0.154. The van der Waals surface area contributed by atoms with Crippen molar-refractivity contribution in [1.29, 1.82) is 0 Å². The van der Waals surface area contributed by atoms with Crippen LogP contribution in [0.1, 0.15) is 16.7 Å². The van der Waals surface area contributed by atoms with E-state index < -0.39 is 0 Å². The first-order valence-electron chi connectivity index (χ1n) is 14.4. The molecule has 0 amide bonds. The summed E-state index contributed by atoms with van der Waals surface area (Å²) in [6.07, 6.45) is 0. The molecule has 0 aromatic heterocycles. The third kappa shape index (κ3) is 12.5. The number of benzene rings is 6. The highest BCUT2D eigenvalue weighted by Crippen LogP contribution is 2.19. The van der Waals surface area contributed by atoms with Gasteiger partial charge in [0.1, 0.15) is 54.3 Å². The molecule has 6 nitrogen and oxygen atoms in total. The molecule has 0 fully saturated rings. The summed E-state index contributed by atoms with van der Waals surface area (Å²) in [6, 6.07) is 50.1. The average Bonchev–Trinajstić information content (AvgIpc) is 3.09. The van der Waals surface area contributed by atoms with Gasteiger partial charge in [0.05, 0.1) is 0 Å². The van der Waals surface area contributed by atoms with Crippen LogP contribution in [0.3, 0.4) is 0 Å². The van der Waals surface area contributed by atoms with Crippen molar-refractivity contribution in [2.75, 3.05) is 0 Å². The van der Waals surface area contributed by atoms with Crippen molar-refractivity contribution >= 4 is 0 Å². The molecule has 6 aromatic carbocycles. The van der Waals surface area contributed by atoms with Gasteiger partial charge in [0.25, 0.3) is 0 Å². The third-order valence-electron chi connectivity index (χ3n) is 6.26. The predicted octanol–water partition coefficient (Wildman–Crippen LogP) is 8.91. The number of phenols is 3. The molecule has 0 heterocycles. The van der Waals surface area contributed by atoms with Crippen LogP contribution in [0.2, 0.25) is 0 Å². The summed E-state index contributed by atoms with van der Waals surface area (Å²) < 4.78 is 16.6. The summed E-state index contributed by atoms with van der Waals surface area (Å²) in [4.78, 5) is 0. The van der Waals surface area contributed by atoms with Gasteiger partial charge in [-0.1, -0.05) is 91.0 Å². The molecule has 0 bridgehead atoms. The minimum absolute atomic E-state index is 0.252. The van der Waals surface area contributed by atoms with Gasteiger partial charge in [-0.3, -0.25) is 0 Å². The van der Waals surface area contributed by atoms with Crippen molar-refractivity contribution < 1.29 is 29.5 Å². The fourth-order valence-electron chi connectivity index (χ4n) is 3.85. The average molecular weight is 601 g/mol. The Morgan fingerprint density at radius 3 is 0.733 bits per heavy atom. The van der Waals surface area contributed by atoms with Crippen LogP contribution in [0.4, 0.5) is 0 Å². The number of hydrogen-bond acceptors (Lipinski definition) is 6. The molecular weight excluding hydrogens is 564 g/mol. The zero-order valence-electron chi connectivity index (χ0n) is 24.8. The Kier molecular flexibility index (Phi) is 12.8. The minimum atomic E-state index is 0.252. The zero-order valence-corrected chi connectivity index (χ0v) is 24.8. The van der Waals surface area contributed by atoms with E-state index in [1.165, 1.54) is 0 Å². The summed E-state index contributed by atoms with van der Waals surface area (Å²) in [5.41, 5.74) is 3.39. The lowest BCUT2D eigenvalue weighted by Crippen LogP contribution is -1.94. The van der Waals surface area contributed by atoms with Crippen molar-refractivity contribution in [3.63, 3.8) is 0 Å². The Morgan fingerprint density at radius 2 is 0.511 bits per heavy atom. The lowest BCUT2D eigenvalue weighted by atomic mass is 10.2. The van der Waals surface area contributed by atoms with E-state index in [9.17, 15) is 0 Å². The Hall–Kier alpha value is -5.88. The first-order chi connectivity index (χ1) is 22.0. The SMILES string of the molecule is Oc1ccc(OCc2ccccc2)cc1.Oc1ccc(OCc2ccccc2)cc1.Oc1ccc(OCc2ccccc2)cc1. The molecule has 0 aliphatic rings. The largest absolute Gasteiger partial charge is 0.508 e. The molecule has 0 unspecified atom stereocenters. The van der Waals surface area contributed by atoms with Gasteiger partial charge in [0.2, 0.25) is 0 Å². The molecule has 0 saturated carbocycles. The van der Waals surface area contributed by atoms with Gasteiger partial charge in [-0.15, -0.1) is 0 Å². The van der Waals surface area contributed by atoms with Gasteiger partial charge >= 0.3 is 0 Å². The van der Waals surface area contributed by atoms with E-state index >= 15 is 0 Å². The highest BCUT2D eigenvalue weighted by Gasteiger charge is 1.97. The first-order valence-corrected chi connectivity index (χ1v) is 14.4. The summed E-state index contributed by atoms with van der Waals surface area (Å²) >= 11 is 0. The highest BCUT2D eigenvalue weighted by atomic mass is 16.5. The Labute approximate surface area is 264 Å². The summed E-state index contributed by atoms with van der Waals surface area (Å²) in [5.74, 6) is 3.04. The van der Waals surface area contributed by atoms with Crippen molar-refractivity contribution in [1.82, 2.24) is 0 Å². The first kappa shape index (κ1) is 32.0. The van der Waals surface area contributed by atoms with E-state index in [0.29, 0.717) is 19.8 Å². The maximum absolute atomic E-state index is 9.09. The number of rotatable bonds is 9. The molecule has 0 aliphatic heterocycles. The van der Waals surface area contributed by atoms with Crippen LogP contribution in [0.15, 0.2) is 164 Å². The monoisotopic (exact) mass is 600 g/mol. The number of aromatic hydroxyl groups is 3. The Morgan fingerprint density at radius 1 is 0.289 bits per heavy atom. The highest BCUT2D eigenvalue weighted by molar-refractivity contribution is 5.32. The normalized spacial score (nSPS) is 9.87. The summed E-state index contributed by atoms with van der Waals surface area (Å²) in [5, 5.41) is 27.3. The van der Waals surface area contributed by atoms with Gasteiger partial charge in [-0.2, -0.15) is 0 Å². The molecule has 0 radical (unpaired) electrons. The molecular formula is C39H36O6. The Bertz CT molecular complexity index is 1420. The second-order valence-corrected chi connectivity index (χ2v) is 9.80. The molecule has 0 spiro atoms. The maximum Gasteiger partial charge on any atom is 0.120 e.